The molecule has 1 aromatic heterocycles. The maximum Gasteiger partial charge on any atom is 0.254 e. The zero-order chi connectivity index (χ0) is 22.1. The van der Waals surface area contributed by atoms with E-state index in [0.717, 1.165) is 50.2 Å². The Bertz CT molecular complexity index is 1120. The van der Waals surface area contributed by atoms with Crippen molar-refractivity contribution in [2.75, 3.05) is 44.2 Å². The standard InChI is InChI=1S/C27H32N4O/c1-20(2)29-15-17-30(18-16-29)23-9-7-22(8-10-23)27(32)31-13-11-21(12-14-31)25-19-28-26-6-4-3-5-24(25)26/h3-11,19-20,28H,12-18H2,1-2H3. The van der Waals surface area contributed by atoms with Gasteiger partial charge in [0.25, 0.3) is 5.91 Å². The summed E-state index contributed by atoms with van der Waals surface area (Å²) in [5, 5.41) is 1.25. The number of hydrogen-bond acceptors (Lipinski definition) is 3. The number of rotatable bonds is 4. The predicted octanol–water partition coefficient (Wildman–Crippen LogP) is 4.63. The Kier molecular flexibility index (Phi) is 5.75. The molecule has 1 amide bonds. The van der Waals surface area contributed by atoms with Crippen LogP contribution in [0.2, 0.25) is 0 Å². The molecule has 0 atom stereocenters. The summed E-state index contributed by atoms with van der Waals surface area (Å²) in [6, 6.07) is 17.2. The van der Waals surface area contributed by atoms with Crippen LogP contribution in [0.25, 0.3) is 16.5 Å². The summed E-state index contributed by atoms with van der Waals surface area (Å²) in [5.74, 6) is 0.121. The number of benzene rings is 2. The number of aromatic amines is 1. The van der Waals surface area contributed by atoms with Gasteiger partial charge in [-0.1, -0.05) is 24.3 Å². The van der Waals surface area contributed by atoms with Crippen LogP contribution in [0.5, 0.6) is 0 Å². The van der Waals surface area contributed by atoms with Gasteiger partial charge in [-0.3, -0.25) is 9.69 Å². The molecule has 0 unspecified atom stereocenters. The van der Waals surface area contributed by atoms with Gasteiger partial charge in [0.1, 0.15) is 0 Å². The lowest BCUT2D eigenvalue weighted by molar-refractivity contribution is 0.0773. The molecule has 5 heteroatoms. The monoisotopic (exact) mass is 428 g/mol. The van der Waals surface area contributed by atoms with Gasteiger partial charge in [0.15, 0.2) is 0 Å². The molecule has 0 spiro atoms. The highest BCUT2D eigenvalue weighted by Crippen LogP contribution is 2.29. The molecule has 1 saturated heterocycles. The number of carbonyl (C=O) groups is 1. The largest absolute Gasteiger partial charge is 0.369 e. The number of aromatic nitrogens is 1. The number of nitrogens with one attached hydrogen (secondary N) is 1. The molecule has 5 rings (SSSR count). The molecule has 2 aliphatic heterocycles. The van der Waals surface area contributed by atoms with Gasteiger partial charge in [0, 0.05) is 79.2 Å². The average molecular weight is 429 g/mol. The third kappa shape index (κ3) is 4.05. The van der Waals surface area contributed by atoms with Gasteiger partial charge in [-0.25, -0.2) is 0 Å². The number of piperazine rings is 1. The third-order valence-corrected chi connectivity index (χ3v) is 6.96. The smallest absolute Gasteiger partial charge is 0.254 e. The fourth-order valence-electron chi connectivity index (χ4n) is 4.93. The van der Waals surface area contributed by atoms with Gasteiger partial charge in [0.05, 0.1) is 0 Å². The molecule has 1 fully saturated rings. The highest BCUT2D eigenvalue weighted by molar-refractivity contribution is 5.96. The quantitative estimate of drug-likeness (QED) is 0.659. The number of fused-ring (bicyclic) bond motifs is 1. The van der Waals surface area contributed by atoms with Crippen molar-refractivity contribution >= 4 is 28.1 Å². The number of para-hydroxylation sites is 1. The maximum absolute atomic E-state index is 13.1. The van der Waals surface area contributed by atoms with Crippen molar-refractivity contribution in [3.63, 3.8) is 0 Å². The number of H-pyrrole nitrogens is 1. The van der Waals surface area contributed by atoms with Crippen molar-refractivity contribution in [2.24, 2.45) is 0 Å². The Morgan fingerprint density at radius 1 is 0.938 bits per heavy atom. The van der Waals surface area contributed by atoms with Crippen molar-refractivity contribution < 1.29 is 4.79 Å². The zero-order valence-corrected chi connectivity index (χ0v) is 19.1. The Morgan fingerprint density at radius 2 is 1.69 bits per heavy atom. The van der Waals surface area contributed by atoms with Gasteiger partial charge < -0.3 is 14.8 Å². The second-order valence-corrected chi connectivity index (χ2v) is 9.14. The number of hydrogen-bond donors (Lipinski definition) is 1. The second-order valence-electron chi connectivity index (χ2n) is 9.14. The highest BCUT2D eigenvalue weighted by Gasteiger charge is 2.22. The molecule has 32 heavy (non-hydrogen) atoms. The minimum atomic E-state index is 0.121. The van der Waals surface area contributed by atoms with E-state index in [1.54, 1.807) is 0 Å². The topological polar surface area (TPSA) is 42.6 Å². The molecule has 5 nitrogen and oxygen atoms in total. The summed E-state index contributed by atoms with van der Waals surface area (Å²) in [6.07, 6.45) is 5.18. The first-order valence-electron chi connectivity index (χ1n) is 11.7. The van der Waals surface area contributed by atoms with Crippen LogP contribution in [-0.4, -0.2) is 66.0 Å². The van der Waals surface area contributed by atoms with Gasteiger partial charge in [0.2, 0.25) is 0 Å². The van der Waals surface area contributed by atoms with Gasteiger partial charge >= 0.3 is 0 Å². The van der Waals surface area contributed by atoms with Crippen LogP contribution in [0.3, 0.4) is 0 Å². The predicted molar refractivity (Wildman–Crippen MR) is 132 cm³/mol. The first kappa shape index (κ1) is 20.8. The minimum Gasteiger partial charge on any atom is -0.369 e. The molecule has 3 heterocycles. The summed E-state index contributed by atoms with van der Waals surface area (Å²) in [6.45, 7) is 10.2. The van der Waals surface area contributed by atoms with E-state index < -0.39 is 0 Å². The van der Waals surface area contributed by atoms with Crippen LogP contribution >= 0.6 is 0 Å². The van der Waals surface area contributed by atoms with Crippen LogP contribution in [0.1, 0.15) is 36.2 Å². The van der Waals surface area contributed by atoms with E-state index in [2.05, 4.69) is 77.3 Å². The molecule has 2 aliphatic rings. The van der Waals surface area contributed by atoms with Gasteiger partial charge in [-0.2, -0.15) is 0 Å². The van der Waals surface area contributed by atoms with Crippen molar-refractivity contribution in [3.8, 4) is 0 Å². The van der Waals surface area contributed by atoms with Gasteiger partial charge in [-0.15, -0.1) is 0 Å². The zero-order valence-electron chi connectivity index (χ0n) is 19.1. The summed E-state index contributed by atoms with van der Waals surface area (Å²) < 4.78 is 0. The molecule has 0 bridgehead atoms. The second kappa shape index (κ2) is 8.83. The van der Waals surface area contributed by atoms with Crippen LogP contribution < -0.4 is 4.90 Å². The van der Waals surface area contributed by atoms with Crippen molar-refractivity contribution in [3.05, 3.63) is 71.9 Å². The van der Waals surface area contributed by atoms with E-state index in [-0.39, 0.29) is 5.91 Å². The molecular weight excluding hydrogens is 396 g/mol. The molecule has 1 N–H and O–H groups in total. The van der Waals surface area contributed by atoms with E-state index in [1.165, 1.54) is 22.2 Å². The van der Waals surface area contributed by atoms with Crippen molar-refractivity contribution in [1.82, 2.24) is 14.8 Å². The molecular formula is C27H32N4O. The lowest BCUT2D eigenvalue weighted by Gasteiger charge is -2.38. The molecule has 0 radical (unpaired) electrons. The number of carbonyl (C=O) groups excluding carboxylic acids is 1. The number of anilines is 1. The van der Waals surface area contributed by atoms with E-state index >= 15 is 0 Å². The fourth-order valence-corrected chi connectivity index (χ4v) is 4.93. The molecule has 3 aromatic rings. The Morgan fingerprint density at radius 3 is 2.38 bits per heavy atom. The Labute approximate surface area is 190 Å². The van der Waals surface area contributed by atoms with Crippen LogP contribution in [0.4, 0.5) is 5.69 Å². The lowest BCUT2D eigenvalue weighted by Crippen LogP contribution is -2.48. The van der Waals surface area contributed by atoms with Crippen molar-refractivity contribution in [1.29, 1.82) is 0 Å². The fraction of sp³-hybridized carbons (Fsp3) is 0.370. The van der Waals surface area contributed by atoms with Crippen LogP contribution in [0, 0.1) is 0 Å². The molecule has 2 aromatic carbocycles. The first-order chi connectivity index (χ1) is 15.6. The highest BCUT2D eigenvalue weighted by atomic mass is 16.2. The molecule has 0 aliphatic carbocycles. The van der Waals surface area contributed by atoms with Crippen LogP contribution in [-0.2, 0) is 0 Å². The van der Waals surface area contributed by atoms with Gasteiger partial charge in [-0.05, 0) is 56.2 Å². The average Bonchev–Trinajstić information content (AvgIpc) is 3.28. The summed E-state index contributed by atoms with van der Waals surface area (Å²) in [7, 11) is 0. The SMILES string of the molecule is CC(C)N1CCN(c2ccc(C(=O)N3CC=C(c4c[nH]c5ccccc45)CC3)cc2)CC1. The lowest BCUT2D eigenvalue weighted by atomic mass is 9.98. The number of amides is 1. The third-order valence-electron chi connectivity index (χ3n) is 6.96. The number of nitrogens with zero attached hydrogens (tertiary/aromatic N) is 3. The van der Waals surface area contributed by atoms with Crippen LogP contribution in [0.15, 0.2) is 60.8 Å². The summed E-state index contributed by atoms with van der Waals surface area (Å²) in [5.41, 5.74) is 5.73. The minimum absolute atomic E-state index is 0.121. The Hall–Kier alpha value is -3.05. The Balaban J connectivity index is 1.23. The van der Waals surface area contributed by atoms with Crippen molar-refractivity contribution in [2.45, 2.75) is 26.3 Å². The van der Waals surface area contributed by atoms with E-state index in [9.17, 15) is 4.79 Å². The molecule has 0 saturated carbocycles. The van der Waals surface area contributed by atoms with E-state index in [1.807, 2.05) is 17.0 Å². The van der Waals surface area contributed by atoms with E-state index in [4.69, 9.17) is 0 Å². The maximum atomic E-state index is 13.1. The first-order valence-corrected chi connectivity index (χ1v) is 11.7. The molecule has 166 valence electrons. The summed E-state index contributed by atoms with van der Waals surface area (Å²) >= 11 is 0. The van der Waals surface area contributed by atoms with E-state index in [0.29, 0.717) is 12.6 Å². The normalized spacial score (nSPS) is 17.8. The summed E-state index contributed by atoms with van der Waals surface area (Å²) in [4.78, 5) is 23.3.